The lowest BCUT2D eigenvalue weighted by Gasteiger charge is -2.21. The Morgan fingerprint density at radius 2 is 1.90 bits per heavy atom. The molecule has 0 radical (unpaired) electrons. The molecule has 0 bridgehead atoms. The van der Waals surface area contributed by atoms with Gasteiger partial charge >= 0.3 is 0 Å². The van der Waals surface area contributed by atoms with Crippen molar-refractivity contribution in [3.05, 3.63) is 65.0 Å². The summed E-state index contributed by atoms with van der Waals surface area (Å²) in [7, 11) is 1.92. The predicted octanol–water partition coefficient (Wildman–Crippen LogP) is 3.88. The number of rotatable bonds is 6. The molecular weight excluding hydrogens is 263 g/mol. The van der Waals surface area contributed by atoms with Crippen molar-refractivity contribution < 1.29 is 4.39 Å². The van der Waals surface area contributed by atoms with Crippen LogP contribution in [0.1, 0.15) is 23.6 Å². The van der Waals surface area contributed by atoms with E-state index in [1.165, 1.54) is 11.1 Å². The number of nitrogens with one attached hydrogen (secondary N) is 1. The zero-order chi connectivity index (χ0) is 15.2. The van der Waals surface area contributed by atoms with Gasteiger partial charge in [-0.05, 0) is 36.7 Å². The van der Waals surface area contributed by atoms with Crippen molar-refractivity contribution in [2.75, 3.05) is 18.5 Å². The normalized spacial score (nSPS) is 10.7. The van der Waals surface area contributed by atoms with Crippen LogP contribution in [0.3, 0.4) is 0 Å². The largest absolute Gasteiger partial charge is 0.368 e. The van der Waals surface area contributed by atoms with Crippen LogP contribution in [0.25, 0.3) is 0 Å². The van der Waals surface area contributed by atoms with Crippen LogP contribution in [0.2, 0.25) is 0 Å². The first-order valence-electron chi connectivity index (χ1n) is 7.36. The number of anilines is 1. The first kappa shape index (κ1) is 15.5. The molecule has 0 fully saturated rings. The minimum atomic E-state index is -0.166. The maximum atomic E-state index is 14.2. The van der Waals surface area contributed by atoms with Crippen LogP contribution in [0, 0.1) is 12.7 Å². The Morgan fingerprint density at radius 1 is 1.10 bits per heavy atom. The highest BCUT2D eigenvalue weighted by molar-refractivity contribution is 5.49. The summed E-state index contributed by atoms with van der Waals surface area (Å²) in [5.41, 5.74) is 4.02. The second-order valence-electron chi connectivity index (χ2n) is 5.41. The van der Waals surface area contributed by atoms with Gasteiger partial charge in [0.05, 0.1) is 5.69 Å². The van der Waals surface area contributed by atoms with E-state index in [1.54, 1.807) is 6.07 Å². The van der Waals surface area contributed by atoms with Gasteiger partial charge in [-0.3, -0.25) is 0 Å². The van der Waals surface area contributed by atoms with Crippen molar-refractivity contribution in [1.82, 2.24) is 5.32 Å². The van der Waals surface area contributed by atoms with Crippen LogP contribution in [-0.4, -0.2) is 13.6 Å². The smallest absolute Gasteiger partial charge is 0.146 e. The van der Waals surface area contributed by atoms with Crippen molar-refractivity contribution in [2.45, 2.75) is 26.9 Å². The molecule has 3 heteroatoms. The lowest BCUT2D eigenvalue weighted by molar-refractivity contribution is 0.616. The van der Waals surface area contributed by atoms with E-state index in [0.29, 0.717) is 18.8 Å². The van der Waals surface area contributed by atoms with E-state index in [9.17, 15) is 4.39 Å². The average molecular weight is 286 g/mol. The van der Waals surface area contributed by atoms with Gasteiger partial charge in [-0.2, -0.15) is 0 Å². The third-order valence-corrected chi connectivity index (χ3v) is 3.50. The fourth-order valence-corrected chi connectivity index (χ4v) is 2.41. The molecule has 2 aromatic carbocycles. The molecule has 0 heterocycles. The van der Waals surface area contributed by atoms with Crippen molar-refractivity contribution in [1.29, 1.82) is 0 Å². The summed E-state index contributed by atoms with van der Waals surface area (Å²) in [5, 5.41) is 3.21. The Labute approximate surface area is 126 Å². The molecule has 2 nitrogen and oxygen atoms in total. The van der Waals surface area contributed by atoms with Gasteiger partial charge in [-0.15, -0.1) is 0 Å². The van der Waals surface area contributed by atoms with Gasteiger partial charge in [0.2, 0.25) is 0 Å². The number of benzene rings is 2. The molecule has 0 saturated heterocycles. The quantitative estimate of drug-likeness (QED) is 0.867. The monoisotopic (exact) mass is 286 g/mol. The van der Waals surface area contributed by atoms with Crippen LogP contribution in [0.15, 0.2) is 42.5 Å². The Kier molecular flexibility index (Phi) is 5.34. The molecular formula is C18H23FN2. The summed E-state index contributed by atoms with van der Waals surface area (Å²) in [5.74, 6) is -0.166. The number of nitrogens with zero attached hydrogens (tertiary/aromatic N) is 1. The fourth-order valence-electron chi connectivity index (χ4n) is 2.41. The first-order chi connectivity index (χ1) is 10.1. The first-order valence-corrected chi connectivity index (χ1v) is 7.36. The second-order valence-corrected chi connectivity index (χ2v) is 5.41. The topological polar surface area (TPSA) is 15.3 Å². The number of hydrogen-bond donors (Lipinski definition) is 1. The highest BCUT2D eigenvalue weighted by Gasteiger charge is 2.09. The van der Waals surface area contributed by atoms with E-state index in [1.807, 2.05) is 37.1 Å². The zero-order valence-electron chi connectivity index (χ0n) is 13.0. The van der Waals surface area contributed by atoms with Crippen LogP contribution in [0.4, 0.5) is 10.1 Å². The molecule has 0 aliphatic heterocycles. The highest BCUT2D eigenvalue weighted by atomic mass is 19.1. The summed E-state index contributed by atoms with van der Waals surface area (Å²) >= 11 is 0. The molecule has 0 aliphatic carbocycles. The highest BCUT2D eigenvalue weighted by Crippen LogP contribution is 2.21. The van der Waals surface area contributed by atoms with E-state index >= 15 is 0 Å². The molecule has 0 saturated carbocycles. The molecule has 112 valence electrons. The molecule has 0 unspecified atom stereocenters. The third-order valence-electron chi connectivity index (χ3n) is 3.50. The van der Waals surface area contributed by atoms with E-state index in [2.05, 4.69) is 30.4 Å². The molecule has 2 aromatic rings. The Balaban J connectivity index is 2.10. The zero-order valence-corrected chi connectivity index (χ0v) is 13.0. The van der Waals surface area contributed by atoms with Crippen molar-refractivity contribution in [2.24, 2.45) is 0 Å². The number of hydrogen-bond acceptors (Lipinski definition) is 2. The molecule has 0 aliphatic rings. The van der Waals surface area contributed by atoms with E-state index in [-0.39, 0.29) is 5.82 Å². The van der Waals surface area contributed by atoms with Gasteiger partial charge in [0.1, 0.15) is 5.82 Å². The van der Waals surface area contributed by atoms with Gasteiger partial charge in [-0.25, -0.2) is 4.39 Å². The minimum absolute atomic E-state index is 0.166. The fraction of sp³-hybridized carbons (Fsp3) is 0.333. The van der Waals surface area contributed by atoms with Gasteiger partial charge in [0.25, 0.3) is 0 Å². The summed E-state index contributed by atoms with van der Waals surface area (Å²) in [6.45, 7) is 6.40. The Bertz CT molecular complexity index is 596. The molecule has 2 rings (SSSR count). The maximum absolute atomic E-state index is 14.2. The maximum Gasteiger partial charge on any atom is 0.146 e. The van der Waals surface area contributed by atoms with E-state index in [4.69, 9.17) is 0 Å². The van der Waals surface area contributed by atoms with Crippen LogP contribution in [-0.2, 0) is 13.1 Å². The summed E-state index contributed by atoms with van der Waals surface area (Å²) in [6, 6.07) is 13.8. The van der Waals surface area contributed by atoms with Crippen molar-refractivity contribution >= 4 is 5.69 Å². The number of aryl methyl sites for hydroxylation is 1. The standard InChI is InChI=1S/C18H23FN2/c1-4-20-12-15-8-9-18(17(19)11-15)21(3)13-16-7-5-6-14(2)10-16/h5-11,20H,4,12-13H2,1-3H3. The molecule has 0 amide bonds. The van der Waals surface area contributed by atoms with E-state index < -0.39 is 0 Å². The van der Waals surface area contributed by atoms with Gasteiger partial charge in [0.15, 0.2) is 0 Å². The predicted molar refractivity (Wildman–Crippen MR) is 87.1 cm³/mol. The lowest BCUT2D eigenvalue weighted by Crippen LogP contribution is -2.18. The Morgan fingerprint density at radius 3 is 2.57 bits per heavy atom. The van der Waals surface area contributed by atoms with Crippen molar-refractivity contribution in [3.8, 4) is 0 Å². The summed E-state index contributed by atoms with van der Waals surface area (Å²) in [4.78, 5) is 1.95. The second kappa shape index (κ2) is 7.23. The summed E-state index contributed by atoms with van der Waals surface area (Å²) < 4.78 is 14.2. The molecule has 0 spiro atoms. The third kappa shape index (κ3) is 4.30. The minimum Gasteiger partial charge on any atom is -0.368 e. The Hall–Kier alpha value is -1.87. The average Bonchev–Trinajstić information content (AvgIpc) is 2.45. The molecule has 21 heavy (non-hydrogen) atoms. The van der Waals surface area contributed by atoms with Crippen LogP contribution in [0.5, 0.6) is 0 Å². The number of halogens is 1. The molecule has 0 atom stereocenters. The lowest BCUT2D eigenvalue weighted by atomic mass is 10.1. The van der Waals surface area contributed by atoms with Gasteiger partial charge < -0.3 is 10.2 Å². The van der Waals surface area contributed by atoms with Crippen molar-refractivity contribution in [3.63, 3.8) is 0 Å². The van der Waals surface area contributed by atoms with Gasteiger partial charge in [-0.1, -0.05) is 42.8 Å². The molecule has 1 N–H and O–H groups in total. The summed E-state index contributed by atoms with van der Waals surface area (Å²) in [6.07, 6.45) is 0. The molecule has 0 aromatic heterocycles. The SMILES string of the molecule is CCNCc1ccc(N(C)Cc2cccc(C)c2)c(F)c1. The van der Waals surface area contributed by atoms with Crippen LogP contribution >= 0.6 is 0 Å². The van der Waals surface area contributed by atoms with E-state index in [0.717, 1.165) is 12.1 Å². The van der Waals surface area contributed by atoms with Crippen LogP contribution < -0.4 is 10.2 Å². The van der Waals surface area contributed by atoms with Gasteiger partial charge in [0, 0.05) is 20.1 Å².